The van der Waals surface area contributed by atoms with Crippen molar-refractivity contribution in [2.75, 3.05) is 19.7 Å². The van der Waals surface area contributed by atoms with E-state index in [1.165, 1.54) is 6.07 Å². The Labute approximate surface area is 268 Å². The van der Waals surface area contributed by atoms with E-state index >= 15 is 0 Å². The van der Waals surface area contributed by atoms with Gasteiger partial charge in [-0.2, -0.15) is 0 Å². The lowest BCUT2D eigenvalue weighted by Crippen LogP contribution is -2.35. The van der Waals surface area contributed by atoms with Crippen LogP contribution in [0.3, 0.4) is 0 Å². The van der Waals surface area contributed by atoms with Crippen molar-refractivity contribution in [1.82, 2.24) is 29.6 Å². The summed E-state index contributed by atoms with van der Waals surface area (Å²) in [7, 11) is 0. The molecule has 2 fully saturated rings. The lowest BCUT2D eigenvalue weighted by atomic mass is 9.88. The quantitative estimate of drug-likeness (QED) is 0.238. The topological polar surface area (TPSA) is 121 Å². The number of H-pyrrole nitrogens is 1. The number of nitrogens with zero attached hydrogens (tertiary/aromatic N) is 5. The van der Waals surface area contributed by atoms with Gasteiger partial charge >= 0.3 is 5.76 Å². The molecule has 3 aliphatic rings. The fraction of sp³-hybridized carbons (Fsp3) is 0.394. The average molecular weight is 647 g/mol. The summed E-state index contributed by atoms with van der Waals surface area (Å²) in [4.78, 5) is 26.3. The van der Waals surface area contributed by atoms with Crippen LogP contribution >= 0.6 is 11.6 Å². The number of aryl methyl sites for hydroxylation is 1. The molecule has 0 spiro atoms. The van der Waals surface area contributed by atoms with Crippen molar-refractivity contribution in [1.29, 1.82) is 0 Å². The smallest absolute Gasteiger partial charge is 0.439 e. The molecular formula is C33H32ClFN6O5. The van der Waals surface area contributed by atoms with Gasteiger partial charge < -0.3 is 18.8 Å². The normalized spacial score (nSPS) is 21.6. The second kappa shape index (κ2) is 11.2. The van der Waals surface area contributed by atoms with Crippen molar-refractivity contribution in [3.8, 4) is 23.0 Å². The van der Waals surface area contributed by atoms with Gasteiger partial charge in [0.05, 0.1) is 41.5 Å². The summed E-state index contributed by atoms with van der Waals surface area (Å²) in [6.07, 6.45) is 2.98. The Kier molecular flexibility index (Phi) is 7.11. The van der Waals surface area contributed by atoms with Crippen LogP contribution in [0.1, 0.15) is 54.7 Å². The molecule has 0 saturated carbocycles. The molecule has 6 heterocycles. The molecule has 0 bridgehead atoms. The molecule has 238 valence electrons. The fourth-order valence-electron chi connectivity index (χ4n) is 6.85. The highest BCUT2D eigenvalue weighted by Crippen LogP contribution is 2.50. The molecule has 3 aromatic heterocycles. The highest BCUT2D eigenvalue weighted by Gasteiger charge is 2.43. The number of rotatable bonds is 7. The van der Waals surface area contributed by atoms with Crippen LogP contribution < -0.4 is 15.2 Å². The number of hydrogen-bond donors (Lipinski definition) is 1. The lowest BCUT2D eigenvalue weighted by Gasteiger charge is -2.33. The highest BCUT2D eigenvalue weighted by atomic mass is 35.5. The third-order valence-corrected chi connectivity index (χ3v) is 9.50. The molecule has 5 aromatic rings. The van der Waals surface area contributed by atoms with Crippen molar-refractivity contribution < 1.29 is 23.1 Å². The van der Waals surface area contributed by atoms with E-state index in [9.17, 15) is 9.18 Å². The van der Waals surface area contributed by atoms with Crippen LogP contribution in [0.4, 0.5) is 4.39 Å². The van der Waals surface area contributed by atoms with Gasteiger partial charge in [-0.3, -0.25) is 14.4 Å². The number of hydrogen-bond acceptors (Lipinski definition) is 9. The number of fused-ring (bicyclic) bond motifs is 2. The highest BCUT2D eigenvalue weighted by molar-refractivity contribution is 6.30. The number of likely N-dealkylation sites (tertiary alicyclic amines) is 1. The molecule has 1 N–H and O–H groups in total. The molecule has 3 aliphatic heterocycles. The van der Waals surface area contributed by atoms with Crippen LogP contribution in [0.15, 0.2) is 51.8 Å². The van der Waals surface area contributed by atoms with Gasteiger partial charge in [-0.1, -0.05) is 28.9 Å². The van der Waals surface area contributed by atoms with Gasteiger partial charge in [0.25, 0.3) is 5.79 Å². The Hall–Kier alpha value is -4.26. The number of pyridine rings is 1. The molecule has 13 heteroatoms. The first kappa shape index (κ1) is 29.2. The number of piperidine rings is 1. The number of ether oxygens (including phenoxy) is 3. The summed E-state index contributed by atoms with van der Waals surface area (Å²) in [5, 5.41) is 4.12. The predicted molar refractivity (Wildman–Crippen MR) is 166 cm³/mol. The van der Waals surface area contributed by atoms with E-state index in [0.717, 1.165) is 67.1 Å². The molecule has 2 aromatic carbocycles. The van der Waals surface area contributed by atoms with Crippen LogP contribution in [-0.2, 0) is 23.6 Å². The zero-order valence-electron chi connectivity index (χ0n) is 25.4. The summed E-state index contributed by atoms with van der Waals surface area (Å²) in [6, 6.07) is 12.3. The third-order valence-electron chi connectivity index (χ3n) is 9.26. The Morgan fingerprint density at radius 2 is 1.93 bits per heavy atom. The van der Waals surface area contributed by atoms with Crippen molar-refractivity contribution in [2.45, 2.75) is 64.0 Å². The Balaban J connectivity index is 1.02. The van der Waals surface area contributed by atoms with Crippen LogP contribution in [0.2, 0.25) is 5.02 Å². The molecule has 11 nitrogen and oxygen atoms in total. The minimum absolute atomic E-state index is 0.141. The first-order valence-corrected chi connectivity index (χ1v) is 15.9. The number of benzene rings is 2. The van der Waals surface area contributed by atoms with Crippen molar-refractivity contribution >= 4 is 22.6 Å². The van der Waals surface area contributed by atoms with Gasteiger partial charge in [0, 0.05) is 24.1 Å². The molecule has 8 rings (SSSR count). The second-order valence-corrected chi connectivity index (χ2v) is 12.8. The summed E-state index contributed by atoms with van der Waals surface area (Å²) in [5.41, 5.74) is 4.41. The first-order chi connectivity index (χ1) is 22.2. The number of aromatic nitrogens is 5. The summed E-state index contributed by atoms with van der Waals surface area (Å²) >= 11 is 5.99. The molecular weight excluding hydrogens is 615 g/mol. The zero-order chi connectivity index (χ0) is 31.6. The fourth-order valence-corrected chi connectivity index (χ4v) is 7.01. The zero-order valence-corrected chi connectivity index (χ0v) is 26.1. The number of imidazole rings is 1. The van der Waals surface area contributed by atoms with E-state index in [0.29, 0.717) is 40.9 Å². The minimum Gasteiger partial charge on any atom is -0.444 e. The molecule has 0 unspecified atom stereocenters. The maximum Gasteiger partial charge on any atom is 0.439 e. The average Bonchev–Trinajstić information content (AvgIpc) is 3.69. The number of para-hydroxylation sites is 1. The van der Waals surface area contributed by atoms with Gasteiger partial charge in [-0.15, -0.1) is 0 Å². The third kappa shape index (κ3) is 5.14. The van der Waals surface area contributed by atoms with Gasteiger partial charge in [-0.05, 0) is 75.5 Å². The van der Waals surface area contributed by atoms with Crippen LogP contribution in [0.5, 0.6) is 11.5 Å². The molecule has 2 atom stereocenters. The van der Waals surface area contributed by atoms with Crippen LogP contribution in [0, 0.1) is 12.7 Å². The summed E-state index contributed by atoms with van der Waals surface area (Å²) < 4.78 is 40.2. The van der Waals surface area contributed by atoms with Gasteiger partial charge in [0.1, 0.15) is 17.3 Å². The molecule has 0 aliphatic carbocycles. The van der Waals surface area contributed by atoms with Crippen LogP contribution in [0.25, 0.3) is 22.6 Å². The van der Waals surface area contributed by atoms with Crippen molar-refractivity contribution in [3.63, 3.8) is 0 Å². The largest absolute Gasteiger partial charge is 0.444 e. The standard InChI is InChI=1S/C33H32ClFN6O5/c1-18-29-25(15-26(36-18)31-38-32(42)46-39-31)37-28(41(29)16-21-10-13-43-21)17-40-11-8-19(9-12-40)22-4-3-5-27-30(22)45-33(2,44-27)23-7-6-20(34)14-24(23)35/h3-7,14-15,19,21H,8-13,16-17H2,1-2H3,(H,38,39,42)/t21-,33-/m0/s1. The van der Waals surface area contributed by atoms with Gasteiger partial charge in [0.2, 0.25) is 5.82 Å². The minimum atomic E-state index is -1.28. The molecule has 0 amide bonds. The van der Waals surface area contributed by atoms with E-state index in [2.05, 4.69) is 25.7 Å². The van der Waals surface area contributed by atoms with E-state index < -0.39 is 17.4 Å². The maximum absolute atomic E-state index is 14.9. The SMILES string of the molecule is Cc1nc(-c2noc(=O)[nH]2)cc2nc(CN3CCC(c4cccc5c4O[C@@](C)(c4ccc(Cl)cc4F)O5)CC3)n(C[C@@H]3CCO3)c12. The van der Waals surface area contributed by atoms with E-state index in [1.54, 1.807) is 19.1 Å². The number of aromatic amines is 1. The Morgan fingerprint density at radius 3 is 2.65 bits per heavy atom. The first-order valence-electron chi connectivity index (χ1n) is 15.5. The number of halogens is 2. The van der Waals surface area contributed by atoms with Crippen molar-refractivity contribution in [3.05, 3.63) is 86.5 Å². The lowest BCUT2D eigenvalue weighted by molar-refractivity contribution is -0.0712. The summed E-state index contributed by atoms with van der Waals surface area (Å²) in [6.45, 7) is 7.55. The molecule has 46 heavy (non-hydrogen) atoms. The predicted octanol–water partition coefficient (Wildman–Crippen LogP) is 5.69. The molecule has 2 saturated heterocycles. The second-order valence-electron chi connectivity index (χ2n) is 12.3. The van der Waals surface area contributed by atoms with Gasteiger partial charge in [0.15, 0.2) is 11.5 Å². The Bertz CT molecular complexity index is 2010. The van der Waals surface area contributed by atoms with E-state index in [4.69, 9.17) is 40.3 Å². The van der Waals surface area contributed by atoms with Crippen LogP contribution in [-0.4, -0.2) is 55.4 Å². The van der Waals surface area contributed by atoms with Crippen molar-refractivity contribution in [2.24, 2.45) is 0 Å². The maximum atomic E-state index is 14.9. The Morgan fingerprint density at radius 1 is 1.11 bits per heavy atom. The van der Waals surface area contributed by atoms with Gasteiger partial charge in [-0.25, -0.2) is 19.2 Å². The summed E-state index contributed by atoms with van der Waals surface area (Å²) in [5.74, 6) is 0.376. The molecule has 0 radical (unpaired) electrons. The van der Waals surface area contributed by atoms with E-state index in [1.807, 2.05) is 25.1 Å². The van der Waals surface area contributed by atoms with E-state index in [-0.39, 0.29) is 17.8 Å². The monoisotopic (exact) mass is 646 g/mol. The number of nitrogens with one attached hydrogen (secondary N) is 1.